The number of carbonyl (C=O) groups is 1. The van der Waals surface area contributed by atoms with Crippen LogP contribution in [0.1, 0.15) is 33.9 Å². The molecule has 0 spiro atoms. The number of benzene rings is 1. The van der Waals surface area contributed by atoms with Crippen LogP contribution in [-0.4, -0.2) is 39.3 Å². The van der Waals surface area contributed by atoms with Gasteiger partial charge in [0.15, 0.2) is 17.2 Å². The number of fused-ring (bicyclic) bond motifs is 3. The molecule has 1 aromatic heterocycles. The van der Waals surface area contributed by atoms with Crippen LogP contribution in [-0.2, 0) is 6.42 Å². The Morgan fingerprint density at radius 1 is 0.971 bits per heavy atom. The van der Waals surface area contributed by atoms with Crippen molar-refractivity contribution in [3.8, 4) is 34.1 Å². The molecule has 9 heteroatoms. The number of rotatable bonds is 6. The van der Waals surface area contributed by atoms with Gasteiger partial charge < -0.3 is 24.3 Å². The largest absolute Gasteiger partial charge is 0.493 e. The Bertz CT molecular complexity index is 1330. The average Bonchev–Trinajstić information content (AvgIpc) is 3.13. The van der Waals surface area contributed by atoms with Crippen molar-refractivity contribution in [3.63, 3.8) is 0 Å². The summed E-state index contributed by atoms with van der Waals surface area (Å²) in [7, 11) is 5.97. The quantitative estimate of drug-likeness (QED) is 0.546. The number of halogens is 1. The highest BCUT2D eigenvalue weighted by Gasteiger charge is 2.32. The van der Waals surface area contributed by atoms with E-state index in [1.54, 1.807) is 36.7 Å². The first kappa shape index (κ1) is 24.3. The third kappa shape index (κ3) is 4.37. The van der Waals surface area contributed by atoms with Crippen LogP contribution in [0.3, 0.4) is 0 Å². The lowest BCUT2D eigenvalue weighted by atomic mass is 9.95. The molecule has 0 saturated heterocycles. The van der Waals surface area contributed by atoms with E-state index in [-0.39, 0.29) is 17.1 Å². The van der Waals surface area contributed by atoms with E-state index in [9.17, 15) is 9.59 Å². The minimum Gasteiger partial charge on any atom is -0.493 e. The monoisotopic (exact) mass is 496 g/mol. The summed E-state index contributed by atoms with van der Waals surface area (Å²) >= 11 is 6.81. The fourth-order valence-corrected chi connectivity index (χ4v) is 4.79. The van der Waals surface area contributed by atoms with Crippen LogP contribution in [0.25, 0.3) is 11.1 Å². The predicted octanol–water partition coefficient (Wildman–Crippen LogP) is 4.21. The SMILES string of the molecule is COc1c(Cl)c2c(c(OC)c1OC)-c1ccc(OC)c(=O)cc1[C@@H](NC(=O)c1ccncc1)CC2. The van der Waals surface area contributed by atoms with Gasteiger partial charge in [0.05, 0.1) is 39.5 Å². The molecule has 0 unspecified atom stereocenters. The normalized spacial score (nSPS) is 14.1. The number of carbonyl (C=O) groups excluding carboxylic acids is 1. The zero-order valence-corrected chi connectivity index (χ0v) is 20.6. The second-order valence-corrected chi connectivity index (χ2v) is 8.23. The summed E-state index contributed by atoms with van der Waals surface area (Å²) in [6, 6.07) is 7.62. The Balaban J connectivity index is 1.99. The van der Waals surface area contributed by atoms with Gasteiger partial charge in [-0.15, -0.1) is 0 Å². The van der Waals surface area contributed by atoms with Crippen LogP contribution < -0.4 is 29.7 Å². The van der Waals surface area contributed by atoms with E-state index in [1.165, 1.54) is 34.5 Å². The van der Waals surface area contributed by atoms with E-state index < -0.39 is 6.04 Å². The maximum atomic E-state index is 13.1. The maximum Gasteiger partial charge on any atom is 0.251 e. The van der Waals surface area contributed by atoms with Gasteiger partial charge in [-0.05, 0) is 53.8 Å². The fraction of sp³-hybridized carbons (Fsp3) is 0.269. The first-order valence-electron chi connectivity index (χ1n) is 10.9. The molecule has 1 heterocycles. The second-order valence-electron chi connectivity index (χ2n) is 7.85. The standard InChI is InChI=1S/C26H25ClN2O6/c1-32-20-8-6-15-17(13-19(20)30)18(29-26(31)14-9-11-28-12-10-14)7-5-16-21(15)23(33-2)25(35-4)24(34-3)22(16)27/h6,8-13,18H,5,7H2,1-4H3,(H,29,31)/t18-/m0/s1. The van der Waals surface area contributed by atoms with Gasteiger partial charge in [0.25, 0.3) is 5.91 Å². The first-order valence-corrected chi connectivity index (χ1v) is 11.3. The molecule has 0 fully saturated rings. The molecule has 182 valence electrons. The van der Waals surface area contributed by atoms with Crippen LogP contribution in [0, 0.1) is 0 Å². The molecule has 1 atom stereocenters. The minimum absolute atomic E-state index is 0.171. The molecule has 0 saturated carbocycles. The fourth-order valence-electron chi connectivity index (χ4n) is 4.43. The Morgan fingerprint density at radius 3 is 2.29 bits per heavy atom. The Hall–Kier alpha value is -3.78. The number of aromatic nitrogens is 1. The van der Waals surface area contributed by atoms with Gasteiger partial charge in [0.1, 0.15) is 0 Å². The molecule has 1 amide bonds. The van der Waals surface area contributed by atoms with Crippen molar-refractivity contribution in [3.05, 3.63) is 74.7 Å². The van der Waals surface area contributed by atoms with E-state index in [2.05, 4.69) is 10.3 Å². The zero-order valence-electron chi connectivity index (χ0n) is 19.8. The third-order valence-electron chi connectivity index (χ3n) is 6.06. The van der Waals surface area contributed by atoms with Gasteiger partial charge in [-0.2, -0.15) is 0 Å². The van der Waals surface area contributed by atoms with Crippen molar-refractivity contribution in [2.24, 2.45) is 0 Å². The van der Waals surface area contributed by atoms with Gasteiger partial charge in [-0.3, -0.25) is 14.6 Å². The van der Waals surface area contributed by atoms with Crippen LogP contribution >= 0.6 is 11.6 Å². The Labute approximate surface area is 207 Å². The zero-order chi connectivity index (χ0) is 25.1. The molecule has 3 aromatic rings. The van der Waals surface area contributed by atoms with Crippen molar-refractivity contribution in [1.29, 1.82) is 0 Å². The molecule has 1 N–H and O–H groups in total. The molecule has 0 bridgehead atoms. The Morgan fingerprint density at radius 2 is 1.66 bits per heavy atom. The lowest BCUT2D eigenvalue weighted by molar-refractivity contribution is 0.0935. The van der Waals surface area contributed by atoms with E-state index in [4.69, 9.17) is 30.5 Å². The lowest BCUT2D eigenvalue weighted by Gasteiger charge is -2.21. The molecule has 2 aromatic carbocycles. The van der Waals surface area contributed by atoms with E-state index in [0.29, 0.717) is 57.4 Å². The molecule has 8 nitrogen and oxygen atoms in total. The average molecular weight is 497 g/mol. The summed E-state index contributed by atoms with van der Waals surface area (Å²) in [6.45, 7) is 0. The number of nitrogens with zero attached hydrogens (tertiary/aromatic N) is 1. The molecule has 35 heavy (non-hydrogen) atoms. The molecular weight excluding hydrogens is 472 g/mol. The van der Waals surface area contributed by atoms with E-state index in [1.807, 2.05) is 0 Å². The number of pyridine rings is 1. The maximum absolute atomic E-state index is 13.1. The van der Waals surface area contributed by atoms with Crippen molar-refractivity contribution in [2.45, 2.75) is 18.9 Å². The highest BCUT2D eigenvalue weighted by Crippen LogP contribution is 2.54. The van der Waals surface area contributed by atoms with E-state index >= 15 is 0 Å². The molecule has 1 aliphatic rings. The number of amides is 1. The number of hydrogen-bond acceptors (Lipinski definition) is 7. The Kier molecular flexibility index (Phi) is 7.12. The molecule has 4 rings (SSSR count). The van der Waals surface area contributed by atoms with Crippen molar-refractivity contribution >= 4 is 17.5 Å². The van der Waals surface area contributed by atoms with Crippen LogP contribution in [0.15, 0.2) is 47.5 Å². The summed E-state index contributed by atoms with van der Waals surface area (Å²) in [5, 5.41) is 3.45. The van der Waals surface area contributed by atoms with Crippen LogP contribution in [0.5, 0.6) is 23.0 Å². The molecule has 1 aliphatic carbocycles. The smallest absolute Gasteiger partial charge is 0.251 e. The summed E-state index contributed by atoms with van der Waals surface area (Å²) in [6.07, 6.45) is 4.06. The first-order chi connectivity index (χ1) is 16.9. The minimum atomic E-state index is -0.499. The predicted molar refractivity (Wildman–Crippen MR) is 132 cm³/mol. The summed E-state index contributed by atoms with van der Waals surface area (Å²) in [4.78, 5) is 30.0. The molecular formula is C26H25ClN2O6. The van der Waals surface area contributed by atoms with Crippen molar-refractivity contribution in [2.75, 3.05) is 28.4 Å². The van der Waals surface area contributed by atoms with Gasteiger partial charge in [0, 0.05) is 23.5 Å². The van der Waals surface area contributed by atoms with Gasteiger partial charge in [-0.1, -0.05) is 17.7 Å². The van der Waals surface area contributed by atoms with Crippen molar-refractivity contribution < 1.29 is 23.7 Å². The van der Waals surface area contributed by atoms with Gasteiger partial charge in [0.2, 0.25) is 11.2 Å². The van der Waals surface area contributed by atoms with E-state index in [0.717, 1.165) is 5.56 Å². The summed E-state index contributed by atoms with van der Waals surface area (Å²) < 4.78 is 22.2. The number of nitrogens with one attached hydrogen (secondary N) is 1. The molecule has 0 radical (unpaired) electrons. The number of methoxy groups -OCH3 is 4. The molecule has 0 aliphatic heterocycles. The van der Waals surface area contributed by atoms with Gasteiger partial charge >= 0.3 is 0 Å². The second kappa shape index (κ2) is 10.2. The lowest BCUT2D eigenvalue weighted by Crippen LogP contribution is -2.29. The topological polar surface area (TPSA) is 96.0 Å². The van der Waals surface area contributed by atoms with Crippen LogP contribution in [0.2, 0.25) is 5.02 Å². The third-order valence-corrected chi connectivity index (χ3v) is 6.46. The highest BCUT2D eigenvalue weighted by molar-refractivity contribution is 6.34. The summed E-state index contributed by atoms with van der Waals surface area (Å²) in [5.41, 5.74) is 2.86. The number of hydrogen-bond donors (Lipinski definition) is 1. The van der Waals surface area contributed by atoms with Crippen molar-refractivity contribution in [1.82, 2.24) is 10.3 Å². The highest BCUT2D eigenvalue weighted by atomic mass is 35.5. The van der Waals surface area contributed by atoms with Gasteiger partial charge in [-0.25, -0.2) is 0 Å². The number of ether oxygens (including phenoxy) is 4. The summed E-state index contributed by atoms with van der Waals surface area (Å²) in [5.74, 6) is 0.999. The van der Waals surface area contributed by atoms with Crippen LogP contribution in [0.4, 0.5) is 0 Å².